The van der Waals surface area contributed by atoms with Crippen molar-refractivity contribution in [1.29, 1.82) is 0 Å². The second kappa shape index (κ2) is 7.39. The van der Waals surface area contributed by atoms with Gasteiger partial charge in [0.1, 0.15) is 12.4 Å². The first kappa shape index (κ1) is 16.4. The van der Waals surface area contributed by atoms with Crippen molar-refractivity contribution >= 4 is 20.7 Å². The van der Waals surface area contributed by atoms with Crippen molar-refractivity contribution in [1.82, 2.24) is 0 Å². The van der Waals surface area contributed by atoms with E-state index in [9.17, 15) is 0 Å². The van der Waals surface area contributed by atoms with Crippen LogP contribution in [-0.2, 0) is 6.54 Å². The molecule has 0 fully saturated rings. The molecule has 0 saturated heterocycles. The smallest absolute Gasteiger partial charge is 0.238 e. The van der Waals surface area contributed by atoms with Crippen molar-refractivity contribution < 1.29 is 14.2 Å². The molecule has 119 valence electrons. The maximum absolute atomic E-state index is 5.85. The zero-order valence-electron chi connectivity index (χ0n) is 13.6. The van der Waals surface area contributed by atoms with Crippen molar-refractivity contribution in [3.8, 4) is 17.2 Å². The van der Waals surface area contributed by atoms with Gasteiger partial charge < -0.3 is 19.0 Å². The lowest BCUT2D eigenvalue weighted by Gasteiger charge is -2.25. The van der Waals surface area contributed by atoms with E-state index in [0.717, 1.165) is 28.5 Å². The number of rotatable bonds is 7. The SMILES string of the molecule is [B][B]N(Cc1ccccc1OCC=C)c1ccc2c(c1)OC(C)O2. The topological polar surface area (TPSA) is 30.9 Å². The maximum atomic E-state index is 5.85. The molecule has 0 spiro atoms. The van der Waals surface area contributed by atoms with Gasteiger partial charge in [0.25, 0.3) is 0 Å². The molecule has 1 aliphatic heterocycles. The molecule has 2 aromatic carbocycles. The number of benzene rings is 2. The summed E-state index contributed by atoms with van der Waals surface area (Å²) in [7, 11) is 7.39. The maximum Gasteiger partial charge on any atom is 0.238 e. The quantitative estimate of drug-likeness (QED) is 0.580. The molecule has 6 heteroatoms. The van der Waals surface area contributed by atoms with Gasteiger partial charge in [0.2, 0.25) is 6.29 Å². The molecule has 1 atom stereocenters. The Morgan fingerprint density at radius 1 is 1.25 bits per heavy atom. The fourth-order valence-corrected chi connectivity index (χ4v) is 2.58. The van der Waals surface area contributed by atoms with Crippen LogP contribution < -0.4 is 19.0 Å². The van der Waals surface area contributed by atoms with Crippen molar-refractivity contribution in [2.75, 3.05) is 11.4 Å². The van der Waals surface area contributed by atoms with Crippen molar-refractivity contribution in [2.45, 2.75) is 19.8 Å². The molecule has 0 aliphatic carbocycles. The van der Waals surface area contributed by atoms with Crippen LogP contribution in [-0.4, -0.2) is 27.9 Å². The van der Waals surface area contributed by atoms with E-state index in [0.29, 0.717) is 13.2 Å². The Bertz CT molecular complexity index is 723. The zero-order valence-corrected chi connectivity index (χ0v) is 13.6. The molecule has 4 nitrogen and oxygen atoms in total. The number of anilines is 1. The molecule has 0 N–H and O–H groups in total. The fraction of sp³-hybridized carbons (Fsp3) is 0.222. The van der Waals surface area contributed by atoms with E-state index < -0.39 is 0 Å². The van der Waals surface area contributed by atoms with Gasteiger partial charge in [-0.05, 0) is 18.2 Å². The molecule has 0 aromatic heterocycles. The highest BCUT2D eigenvalue weighted by molar-refractivity contribution is 6.91. The second-order valence-corrected chi connectivity index (χ2v) is 5.42. The summed E-state index contributed by atoms with van der Waals surface area (Å²) in [5.41, 5.74) is 1.96. The van der Waals surface area contributed by atoms with E-state index in [4.69, 9.17) is 21.9 Å². The first-order chi connectivity index (χ1) is 11.7. The first-order valence-corrected chi connectivity index (χ1v) is 7.82. The van der Waals surface area contributed by atoms with E-state index in [-0.39, 0.29) is 6.29 Å². The summed E-state index contributed by atoms with van der Waals surface area (Å²) in [5, 5.41) is 0. The lowest BCUT2D eigenvalue weighted by molar-refractivity contribution is 0.0679. The molecule has 1 heterocycles. The lowest BCUT2D eigenvalue weighted by Crippen LogP contribution is -2.27. The fourth-order valence-electron chi connectivity index (χ4n) is 2.58. The Kier molecular flexibility index (Phi) is 5.04. The van der Waals surface area contributed by atoms with Crippen LogP contribution >= 0.6 is 0 Å². The highest BCUT2D eigenvalue weighted by Gasteiger charge is 2.21. The molecule has 0 amide bonds. The summed E-state index contributed by atoms with van der Waals surface area (Å²) in [6.45, 7) is 6.59. The molecule has 24 heavy (non-hydrogen) atoms. The second-order valence-electron chi connectivity index (χ2n) is 5.42. The molecule has 3 rings (SSSR count). The van der Waals surface area contributed by atoms with Crippen LogP contribution in [0.2, 0.25) is 0 Å². The van der Waals surface area contributed by atoms with Crippen LogP contribution in [0.5, 0.6) is 17.2 Å². The molecular weight excluding hydrogens is 300 g/mol. The van der Waals surface area contributed by atoms with Gasteiger partial charge in [-0.3, -0.25) is 0 Å². The number of nitrogens with zero attached hydrogens (tertiary/aromatic N) is 1. The van der Waals surface area contributed by atoms with Crippen LogP contribution in [0.3, 0.4) is 0 Å². The van der Waals surface area contributed by atoms with Gasteiger partial charge in [0, 0.05) is 38.5 Å². The minimum Gasteiger partial charge on any atom is -0.489 e. The Balaban J connectivity index is 1.81. The lowest BCUT2D eigenvalue weighted by atomic mass is 9.64. The van der Waals surface area contributed by atoms with Crippen molar-refractivity contribution in [2.24, 2.45) is 0 Å². The number of para-hydroxylation sites is 1. The number of hydrogen-bond donors (Lipinski definition) is 0. The van der Waals surface area contributed by atoms with E-state index in [1.54, 1.807) is 13.4 Å². The highest BCUT2D eigenvalue weighted by atomic mass is 16.7. The van der Waals surface area contributed by atoms with Crippen LogP contribution in [0.1, 0.15) is 12.5 Å². The average molecular weight is 318 g/mol. The average Bonchev–Trinajstić information content (AvgIpc) is 2.97. The van der Waals surface area contributed by atoms with Crippen LogP contribution in [0, 0.1) is 0 Å². The van der Waals surface area contributed by atoms with Gasteiger partial charge in [-0.15, -0.1) is 0 Å². The molecule has 1 unspecified atom stereocenters. The van der Waals surface area contributed by atoms with Gasteiger partial charge in [0.15, 0.2) is 18.8 Å². The summed E-state index contributed by atoms with van der Waals surface area (Å²) in [6.07, 6.45) is 1.46. The van der Waals surface area contributed by atoms with Crippen LogP contribution in [0.4, 0.5) is 5.69 Å². The molecule has 0 bridgehead atoms. The highest BCUT2D eigenvalue weighted by Crippen LogP contribution is 2.38. The number of hydrogen-bond acceptors (Lipinski definition) is 4. The van der Waals surface area contributed by atoms with Gasteiger partial charge in [-0.2, -0.15) is 0 Å². The monoisotopic (exact) mass is 318 g/mol. The van der Waals surface area contributed by atoms with E-state index in [1.165, 1.54) is 0 Å². The minimum atomic E-state index is -0.265. The first-order valence-electron chi connectivity index (χ1n) is 7.82. The Morgan fingerprint density at radius 2 is 2.04 bits per heavy atom. The van der Waals surface area contributed by atoms with Crippen molar-refractivity contribution in [3.05, 3.63) is 60.7 Å². The predicted molar refractivity (Wildman–Crippen MR) is 97.0 cm³/mol. The minimum absolute atomic E-state index is 0.265. The third kappa shape index (κ3) is 3.53. The summed E-state index contributed by atoms with van der Waals surface area (Å²) in [5.74, 6) is 2.29. The predicted octanol–water partition coefficient (Wildman–Crippen LogP) is 3.08. The number of ether oxygens (including phenoxy) is 3. The summed E-state index contributed by atoms with van der Waals surface area (Å²) in [6, 6.07) is 13.7. The molecule has 1 aliphatic rings. The van der Waals surface area contributed by atoms with E-state index >= 15 is 0 Å². The summed E-state index contributed by atoms with van der Waals surface area (Å²) in [4.78, 5) is 1.93. The Hall–Kier alpha value is -2.49. The third-order valence-electron chi connectivity index (χ3n) is 3.69. The van der Waals surface area contributed by atoms with E-state index in [1.807, 2.05) is 54.2 Å². The molecule has 2 aromatic rings. The van der Waals surface area contributed by atoms with E-state index in [2.05, 4.69) is 6.58 Å². The van der Waals surface area contributed by atoms with Gasteiger partial charge in [0.05, 0.1) is 0 Å². The van der Waals surface area contributed by atoms with Gasteiger partial charge in [-0.1, -0.05) is 30.9 Å². The van der Waals surface area contributed by atoms with Crippen LogP contribution in [0.15, 0.2) is 55.1 Å². The summed E-state index contributed by atoms with van der Waals surface area (Å²) < 4.78 is 16.9. The van der Waals surface area contributed by atoms with Crippen molar-refractivity contribution in [3.63, 3.8) is 0 Å². The third-order valence-corrected chi connectivity index (χ3v) is 3.69. The molecule has 0 saturated carbocycles. The standard InChI is InChI=1S/C18H18B2NO3/c1-3-10-22-16-7-5-4-6-14(16)12-21(20-19)15-8-9-17-18(11-15)24-13(2)23-17/h3-9,11,13H,1,10,12H2,2H3. The van der Waals surface area contributed by atoms with Gasteiger partial charge in [-0.25, -0.2) is 0 Å². The normalized spacial score (nSPS) is 15.0. The summed E-state index contributed by atoms with van der Waals surface area (Å²) >= 11 is 0. The van der Waals surface area contributed by atoms with Gasteiger partial charge >= 0.3 is 0 Å². The largest absolute Gasteiger partial charge is 0.489 e. The Labute approximate surface area is 144 Å². The molecule has 3 radical (unpaired) electrons. The Morgan fingerprint density at radius 3 is 2.83 bits per heavy atom. The molecular formula is C18H18B2NO3. The van der Waals surface area contributed by atoms with Crippen LogP contribution in [0.25, 0.3) is 0 Å². The zero-order chi connectivity index (χ0) is 16.9. The number of fused-ring (bicyclic) bond motifs is 1.